The van der Waals surface area contributed by atoms with Crippen molar-refractivity contribution in [1.82, 2.24) is 0 Å². The second kappa shape index (κ2) is 22.4. The summed E-state index contributed by atoms with van der Waals surface area (Å²) in [5.74, 6) is 0. The summed E-state index contributed by atoms with van der Waals surface area (Å²) in [5.41, 5.74) is 0. The van der Waals surface area contributed by atoms with Crippen LogP contribution in [0.15, 0.2) is 0 Å². The summed E-state index contributed by atoms with van der Waals surface area (Å²) in [5, 5.41) is 0. The van der Waals surface area contributed by atoms with Crippen molar-refractivity contribution in [1.29, 1.82) is 0 Å². The van der Waals surface area contributed by atoms with E-state index in [0.717, 1.165) is 17.1 Å². The van der Waals surface area contributed by atoms with E-state index in [2.05, 4.69) is 42.1 Å². The zero-order valence-electron chi connectivity index (χ0n) is 15.8. The first-order valence-corrected chi connectivity index (χ1v) is 11.8. The van der Waals surface area contributed by atoms with Crippen LogP contribution in [-0.4, -0.2) is 8.97 Å². The van der Waals surface area contributed by atoms with E-state index in [4.69, 9.17) is 0 Å². The summed E-state index contributed by atoms with van der Waals surface area (Å²) >= 11 is 0.794. The second-order valence-corrected chi connectivity index (χ2v) is 8.56. The van der Waals surface area contributed by atoms with Crippen LogP contribution in [-0.2, 0) is 17.1 Å². The van der Waals surface area contributed by atoms with E-state index in [1.807, 2.05) is 0 Å². The number of hydrogen-bond donors (Lipinski definition) is 0. The molecule has 1 heteroatoms. The van der Waals surface area contributed by atoms with E-state index in [-0.39, 0.29) is 0 Å². The molecule has 0 aromatic rings. The smallest absolute Gasteiger partial charge is 0.0582 e. The van der Waals surface area contributed by atoms with Crippen LogP contribution in [0.25, 0.3) is 0 Å². The summed E-state index contributed by atoms with van der Waals surface area (Å²) in [6, 6.07) is 0. The maximum absolute atomic E-state index is 2.39. The molecule has 0 heterocycles. The molecule has 23 heavy (non-hydrogen) atoms. The molecule has 0 unspecified atom stereocenters. The van der Waals surface area contributed by atoms with E-state index >= 15 is 0 Å². The van der Waals surface area contributed by atoms with Crippen LogP contribution in [0.2, 0.25) is 0 Å². The third kappa shape index (κ3) is 22.4. The Labute approximate surface area is 155 Å². The molecule has 3 aliphatic carbocycles. The Hall–Kier alpha value is 0.402. The minimum atomic E-state index is 0.794. The van der Waals surface area contributed by atoms with Crippen LogP contribution < -0.4 is 0 Å². The minimum absolute atomic E-state index is 0.794. The van der Waals surface area contributed by atoms with E-state index in [1.54, 1.807) is 0 Å². The molecule has 3 aliphatic rings. The van der Waals surface area contributed by atoms with Gasteiger partial charge in [0.05, 0.1) is 0 Å². The topological polar surface area (TPSA) is 0 Å². The zero-order chi connectivity index (χ0) is 16.8. The minimum Gasteiger partial charge on any atom is -0.328 e. The van der Waals surface area contributed by atoms with Gasteiger partial charge in [-0.3, -0.25) is 0 Å². The predicted octanol–water partition coefficient (Wildman–Crippen LogP) is 7.18. The average Bonchev–Trinajstić information content (AvgIpc) is 2.68. The van der Waals surface area contributed by atoms with Crippen molar-refractivity contribution >= 4 is 8.97 Å². The van der Waals surface area contributed by atoms with Crippen molar-refractivity contribution in [2.45, 2.75) is 110 Å². The van der Waals surface area contributed by atoms with Crippen LogP contribution in [0, 0.1) is 19.3 Å². The van der Waals surface area contributed by atoms with Gasteiger partial charge in [-0.25, -0.2) is 0 Å². The fraction of sp³-hybridized carbons (Fsp3) is 0.773. The SMILES string of the molecule is C[CH]=[Pd]=[CH]C.[CH-]1CCCCC1.[CH-]1CCCCC1.[CH-]1CCCCC1. The van der Waals surface area contributed by atoms with Gasteiger partial charge in [0.25, 0.3) is 0 Å². The van der Waals surface area contributed by atoms with Gasteiger partial charge >= 0.3 is 39.9 Å². The van der Waals surface area contributed by atoms with E-state index in [0.29, 0.717) is 0 Å². The molecule has 0 aliphatic heterocycles. The van der Waals surface area contributed by atoms with Crippen LogP contribution in [0.1, 0.15) is 110 Å². The maximum atomic E-state index is 2.39. The van der Waals surface area contributed by atoms with Gasteiger partial charge in [-0.1, -0.05) is 57.8 Å². The third-order valence-electron chi connectivity index (χ3n) is 4.16. The Morgan fingerprint density at radius 3 is 0.783 bits per heavy atom. The molecule has 0 saturated heterocycles. The molecular weight excluding hydrogens is 371 g/mol. The molecule has 142 valence electrons. The van der Waals surface area contributed by atoms with Gasteiger partial charge in [-0.15, -0.1) is 0 Å². The van der Waals surface area contributed by atoms with Crippen molar-refractivity contribution in [3.63, 3.8) is 0 Å². The van der Waals surface area contributed by atoms with Gasteiger partial charge in [0.15, 0.2) is 0 Å². The fourth-order valence-corrected chi connectivity index (χ4v) is 3.32. The van der Waals surface area contributed by atoms with Gasteiger partial charge < -0.3 is 19.3 Å². The Morgan fingerprint density at radius 2 is 0.739 bits per heavy atom. The molecule has 0 N–H and O–H groups in total. The van der Waals surface area contributed by atoms with Gasteiger partial charge in [0.2, 0.25) is 0 Å². The van der Waals surface area contributed by atoms with Crippen molar-refractivity contribution < 1.29 is 17.1 Å². The molecule has 0 nitrogen and oxygen atoms in total. The number of hydrogen-bond acceptors (Lipinski definition) is 0. The normalized spacial score (nSPS) is 20.4. The molecule has 3 rings (SSSR count). The fourth-order valence-electron chi connectivity index (χ4n) is 2.80. The third-order valence-corrected chi connectivity index (χ3v) is 5.20. The Balaban J connectivity index is 0.000000282. The largest absolute Gasteiger partial charge is 0.328 e. The van der Waals surface area contributed by atoms with Crippen molar-refractivity contribution in [2.75, 3.05) is 0 Å². The molecule has 3 saturated carbocycles. The molecule has 0 radical (unpaired) electrons. The molecular formula is C22H41Pd-3. The van der Waals surface area contributed by atoms with Gasteiger partial charge in [0.1, 0.15) is 0 Å². The molecule has 3 fully saturated rings. The summed E-state index contributed by atoms with van der Waals surface area (Å²) in [6.45, 7) is 4.16. The standard InChI is InChI=1S/3C6H11.2C2H4.Pd/c3*1-2-4-6-5-3-1;2*1-2;/h3*1H,2-6H2;2*1H,2H3;/q3*-1;;;. The van der Waals surface area contributed by atoms with Crippen LogP contribution in [0.3, 0.4) is 0 Å². The van der Waals surface area contributed by atoms with E-state index in [1.165, 1.54) is 96.3 Å². The zero-order valence-corrected chi connectivity index (χ0v) is 17.4. The summed E-state index contributed by atoms with van der Waals surface area (Å²) in [7, 11) is 0. The summed E-state index contributed by atoms with van der Waals surface area (Å²) in [6.07, 6.45) is 28.5. The summed E-state index contributed by atoms with van der Waals surface area (Å²) in [4.78, 5) is 0. The van der Waals surface area contributed by atoms with Crippen molar-refractivity contribution in [3.8, 4) is 0 Å². The molecule has 0 amide bonds. The van der Waals surface area contributed by atoms with E-state index < -0.39 is 0 Å². The molecule has 0 aromatic carbocycles. The first-order valence-electron chi connectivity index (χ1n) is 9.97. The Bertz CT molecular complexity index is 182. The monoisotopic (exact) mass is 411 g/mol. The molecule has 0 bridgehead atoms. The van der Waals surface area contributed by atoms with Crippen molar-refractivity contribution in [2.24, 2.45) is 0 Å². The predicted molar refractivity (Wildman–Crippen MR) is 106 cm³/mol. The van der Waals surface area contributed by atoms with Gasteiger partial charge in [-0.2, -0.15) is 38.5 Å². The first-order chi connectivity index (χ1) is 11.4. The number of rotatable bonds is 0. The van der Waals surface area contributed by atoms with Gasteiger partial charge in [0, 0.05) is 0 Å². The van der Waals surface area contributed by atoms with Crippen LogP contribution in [0.4, 0.5) is 0 Å². The quantitative estimate of drug-likeness (QED) is 0.292. The molecule has 0 aromatic heterocycles. The molecule has 0 spiro atoms. The first kappa shape index (κ1) is 23.4. The van der Waals surface area contributed by atoms with Crippen molar-refractivity contribution in [3.05, 3.63) is 19.3 Å². The van der Waals surface area contributed by atoms with Gasteiger partial charge in [-0.05, 0) is 0 Å². The average molecular weight is 412 g/mol. The second-order valence-electron chi connectivity index (χ2n) is 6.25. The van der Waals surface area contributed by atoms with Crippen LogP contribution >= 0.6 is 0 Å². The van der Waals surface area contributed by atoms with E-state index in [9.17, 15) is 0 Å². The van der Waals surface area contributed by atoms with Crippen LogP contribution in [0.5, 0.6) is 0 Å². The Kier molecular flexibility index (Phi) is 22.8. The maximum Gasteiger partial charge on any atom is -0.0582 e. The summed E-state index contributed by atoms with van der Waals surface area (Å²) < 4.78 is 4.35. The Morgan fingerprint density at radius 1 is 0.478 bits per heavy atom. The molecule has 0 atom stereocenters.